The van der Waals surface area contributed by atoms with Crippen molar-refractivity contribution in [3.05, 3.63) is 65.0 Å². The van der Waals surface area contributed by atoms with E-state index in [9.17, 15) is 0 Å². The highest BCUT2D eigenvalue weighted by Crippen LogP contribution is 2.28. The smallest absolute Gasteiger partial charge is 0.134 e. The average molecular weight is 361 g/mol. The van der Waals surface area contributed by atoms with Gasteiger partial charge in [0.25, 0.3) is 0 Å². The fourth-order valence-electron chi connectivity index (χ4n) is 1.86. The molecule has 3 rings (SSSR count). The number of thioether (sulfide) groups is 1. The van der Waals surface area contributed by atoms with Gasteiger partial charge in [0.2, 0.25) is 0 Å². The fourth-order valence-corrected chi connectivity index (χ4v) is 2.88. The van der Waals surface area contributed by atoms with Crippen molar-refractivity contribution in [2.75, 3.05) is 5.73 Å². The lowest BCUT2D eigenvalue weighted by Crippen LogP contribution is -1.88. The molecule has 0 aliphatic heterocycles. The molecule has 0 saturated heterocycles. The second-order valence-electron chi connectivity index (χ2n) is 4.48. The van der Waals surface area contributed by atoms with Gasteiger partial charge in [-0.05, 0) is 36.4 Å². The van der Waals surface area contributed by atoms with Gasteiger partial charge < -0.3 is 10.2 Å². The minimum atomic E-state index is 0.537. The summed E-state index contributed by atoms with van der Waals surface area (Å²) in [5, 5.41) is 0. The van der Waals surface area contributed by atoms with Crippen molar-refractivity contribution in [1.29, 1.82) is 0 Å². The second kappa shape index (κ2) is 6.37. The van der Waals surface area contributed by atoms with Crippen molar-refractivity contribution >= 4 is 33.5 Å². The first-order valence-corrected chi connectivity index (χ1v) is 8.17. The average Bonchev–Trinajstić information content (AvgIpc) is 2.96. The van der Waals surface area contributed by atoms with E-state index in [1.807, 2.05) is 42.5 Å². The van der Waals surface area contributed by atoms with E-state index >= 15 is 0 Å². The molecule has 0 spiro atoms. The molecule has 2 heterocycles. The van der Waals surface area contributed by atoms with Crippen LogP contribution in [0.4, 0.5) is 5.82 Å². The Bertz CT molecular complexity index is 723. The molecule has 106 valence electrons. The van der Waals surface area contributed by atoms with Crippen LogP contribution in [-0.2, 0) is 5.75 Å². The van der Waals surface area contributed by atoms with Crippen LogP contribution in [0.25, 0.3) is 11.3 Å². The number of hydrogen-bond donors (Lipinski definition) is 1. The van der Waals surface area contributed by atoms with Gasteiger partial charge in [0.05, 0.1) is 5.75 Å². The minimum Gasteiger partial charge on any atom is -0.460 e. The molecule has 0 aliphatic carbocycles. The summed E-state index contributed by atoms with van der Waals surface area (Å²) in [5.41, 5.74) is 6.64. The number of furan rings is 1. The van der Waals surface area contributed by atoms with Crippen molar-refractivity contribution in [3.63, 3.8) is 0 Å². The number of nitrogens with zero attached hydrogens (tertiary/aromatic N) is 1. The number of nitrogens with two attached hydrogens (primary N) is 1. The summed E-state index contributed by atoms with van der Waals surface area (Å²) in [6.07, 6.45) is 1.78. The van der Waals surface area contributed by atoms with E-state index in [1.54, 1.807) is 24.0 Å². The molecule has 0 saturated carbocycles. The standard InChI is InChI=1S/C16H13BrN2OS/c17-12-3-1-11(2-4-12)15-7-5-13(20-15)10-21-14-6-8-16(18)19-9-14/h1-9H,10H2,(H2,18,19). The zero-order chi connectivity index (χ0) is 14.7. The normalized spacial score (nSPS) is 10.7. The van der Waals surface area contributed by atoms with Crippen molar-refractivity contribution in [3.8, 4) is 11.3 Å². The molecule has 3 aromatic rings. The number of aromatic nitrogens is 1. The van der Waals surface area contributed by atoms with E-state index in [0.717, 1.165) is 32.2 Å². The van der Waals surface area contributed by atoms with Crippen molar-refractivity contribution in [2.24, 2.45) is 0 Å². The van der Waals surface area contributed by atoms with Crippen LogP contribution in [0, 0.1) is 0 Å². The SMILES string of the molecule is Nc1ccc(SCc2ccc(-c3ccc(Br)cc3)o2)cn1. The van der Waals surface area contributed by atoms with Gasteiger partial charge in [-0.25, -0.2) is 4.98 Å². The van der Waals surface area contributed by atoms with Crippen LogP contribution in [-0.4, -0.2) is 4.98 Å². The van der Waals surface area contributed by atoms with Crippen molar-refractivity contribution in [1.82, 2.24) is 4.98 Å². The topological polar surface area (TPSA) is 52.0 Å². The fraction of sp³-hybridized carbons (Fsp3) is 0.0625. The Kier molecular flexibility index (Phi) is 4.31. The third-order valence-corrected chi connectivity index (χ3v) is 4.46. The molecule has 0 radical (unpaired) electrons. The van der Waals surface area contributed by atoms with Crippen LogP contribution in [0.1, 0.15) is 5.76 Å². The molecule has 0 unspecified atom stereocenters. The molecule has 0 bridgehead atoms. The maximum absolute atomic E-state index is 5.87. The third kappa shape index (κ3) is 3.68. The Labute approximate surface area is 135 Å². The highest BCUT2D eigenvalue weighted by Gasteiger charge is 2.05. The van der Waals surface area contributed by atoms with Crippen LogP contribution in [0.15, 0.2) is 68.5 Å². The molecule has 0 fully saturated rings. The number of benzene rings is 1. The zero-order valence-electron chi connectivity index (χ0n) is 11.1. The molecule has 2 N–H and O–H groups in total. The van der Waals surface area contributed by atoms with Gasteiger partial charge in [-0.2, -0.15) is 0 Å². The monoisotopic (exact) mass is 360 g/mol. The first kappa shape index (κ1) is 14.2. The number of pyridine rings is 1. The highest BCUT2D eigenvalue weighted by molar-refractivity contribution is 9.10. The van der Waals surface area contributed by atoms with E-state index in [1.165, 1.54) is 0 Å². The van der Waals surface area contributed by atoms with Crippen molar-refractivity contribution in [2.45, 2.75) is 10.6 Å². The number of rotatable bonds is 4. The Morgan fingerprint density at radius 2 is 1.86 bits per heavy atom. The van der Waals surface area contributed by atoms with E-state index < -0.39 is 0 Å². The van der Waals surface area contributed by atoms with Crippen LogP contribution in [0.2, 0.25) is 0 Å². The maximum atomic E-state index is 5.87. The first-order chi connectivity index (χ1) is 10.2. The lowest BCUT2D eigenvalue weighted by atomic mass is 10.2. The van der Waals surface area contributed by atoms with E-state index in [4.69, 9.17) is 10.2 Å². The van der Waals surface area contributed by atoms with Gasteiger partial charge >= 0.3 is 0 Å². The van der Waals surface area contributed by atoms with Crippen LogP contribution < -0.4 is 5.73 Å². The lowest BCUT2D eigenvalue weighted by Gasteiger charge is -2.00. The number of hydrogen-bond acceptors (Lipinski definition) is 4. The van der Waals surface area contributed by atoms with Gasteiger partial charge in [-0.1, -0.05) is 28.1 Å². The number of halogens is 1. The first-order valence-electron chi connectivity index (χ1n) is 6.40. The van der Waals surface area contributed by atoms with E-state index in [0.29, 0.717) is 5.82 Å². The van der Waals surface area contributed by atoms with Crippen LogP contribution >= 0.6 is 27.7 Å². The molecule has 0 aliphatic rings. The summed E-state index contributed by atoms with van der Waals surface area (Å²) >= 11 is 5.10. The molecular formula is C16H13BrN2OS. The summed E-state index contributed by atoms with van der Waals surface area (Å²) in [6.45, 7) is 0. The molecule has 0 amide bonds. The summed E-state index contributed by atoms with van der Waals surface area (Å²) in [5.74, 6) is 3.13. The molecule has 3 nitrogen and oxygen atoms in total. The molecule has 1 aromatic carbocycles. The predicted molar refractivity (Wildman–Crippen MR) is 90.1 cm³/mol. The van der Waals surface area contributed by atoms with Crippen molar-refractivity contribution < 1.29 is 4.42 Å². The molecular weight excluding hydrogens is 348 g/mol. The van der Waals surface area contributed by atoms with Gasteiger partial charge in [0.1, 0.15) is 17.3 Å². The predicted octanol–water partition coefficient (Wildman–Crippen LogP) is 4.98. The Balaban J connectivity index is 1.67. The van der Waals surface area contributed by atoms with Gasteiger partial charge in [0, 0.05) is 21.1 Å². The van der Waals surface area contributed by atoms with E-state index in [2.05, 4.69) is 20.9 Å². The van der Waals surface area contributed by atoms with Crippen LogP contribution in [0.3, 0.4) is 0 Å². The van der Waals surface area contributed by atoms with E-state index in [-0.39, 0.29) is 0 Å². The molecule has 21 heavy (non-hydrogen) atoms. The van der Waals surface area contributed by atoms with Gasteiger partial charge in [0.15, 0.2) is 0 Å². The van der Waals surface area contributed by atoms with Crippen LogP contribution in [0.5, 0.6) is 0 Å². The highest BCUT2D eigenvalue weighted by atomic mass is 79.9. The summed E-state index contributed by atoms with van der Waals surface area (Å²) < 4.78 is 6.93. The largest absolute Gasteiger partial charge is 0.460 e. The van der Waals surface area contributed by atoms with Gasteiger partial charge in [-0.3, -0.25) is 0 Å². The number of nitrogen functional groups attached to an aromatic ring is 1. The Hall–Kier alpha value is -1.72. The number of anilines is 1. The zero-order valence-corrected chi connectivity index (χ0v) is 13.5. The molecule has 0 atom stereocenters. The lowest BCUT2D eigenvalue weighted by molar-refractivity contribution is 0.544. The minimum absolute atomic E-state index is 0.537. The Morgan fingerprint density at radius 1 is 1.05 bits per heavy atom. The maximum Gasteiger partial charge on any atom is 0.134 e. The molecule has 5 heteroatoms. The Morgan fingerprint density at radius 3 is 2.57 bits per heavy atom. The molecule has 2 aromatic heterocycles. The third-order valence-electron chi connectivity index (χ3n) is 2.93. The van der Waals surface area contributed by atoms with Gasteiger partial charge in [-0.15, -0.1) is 11.8 Å². The summed E-state index contributed by atoms with van der Waals surface area (Å²) in [7, 11) is 0. The summed E-state index contributed by atoms with van der Waals surface area (Å²) in [4.78, 5) is 5.15. The second-order valence-corrected chi connectivity index (χ2v) is 6.44. The summed E-state index contributed by atoms with van der Waals surface area (Å²) in [6, 6.07) is 15.9. The quantitative estimate of drug-likeness (QED) is 0.666.